The van der Waals surface area contributed by atoms with Gasteiger partial charge in [-0.1, -0.05) is 0 Å². The predicted molar refractivity (Wildman–Crippen MR) is 50.1 cm³/mol. The molecule has 1 rings (SSSR count). The summed E-state index contributed by atoms with van der Waals surface area (Å²) >= 11 is 0. The van der Waals surface area contributed by atoms with Crippen LogP contribution in [-0.2, 0) is 4.74 Å². The van der Waals surface area contributed by atoms with Crippen molar-refractivity contribution >= 4 is 0 Å². The molecule has 3 heteroatoms. The van der Waals surface area contributed by atoms with Gasteiger partial charge in [0.25, 0.3) is 0 Å². The molecule has 1 fully saturated rings. The van der Waals surface area contributed by atoms with Crippen LogP contribution in [0.15, 0.2) is 0 Å². The highest BCUT2D eigenvalue weighted by Crippen LogP contribution is 2.14. The van der Waals surface area contributed by atoms with E-state index < -0.39 is 0 Å². The fourth-order valence-electron chi connectivity index (χ4n) is 1.77. The number of nitrogens with two attached hydrogens (primary N) is 1. The SMILES string of the molecule is COCCN1CCC[C@@H](CN)C1. The van der Waals surface area contributed by atoms with Crippen LogP contribution < -0.4 is 5.73 Å². The lowest BCUT2D eigenvalue weighted by Gasteiger charge is -2.31. The van der Waals surface area contributed by atoms with Crippen molar-refractivity contribution in [3.8, 4) is 0 Å². The zero-order valence-corrected chi connectivity index (χ0v) is 7.96. The average Bonchev–Trinajstić information content (AvgIpc) is 2.15. The van der Waals surface area contributed by atoms with Crippen LogP contribution >= 0.6 is 0 Å². The van der Waals surface area contributed by atoms with Crippen molar-refractivity contribution in [2.24, 2.45) is 11.7 Å². The highest BCUT2D eigenvalue weighted by molar-refractivity contribution is 4.72. The second-order valence-electron chi connectivity index (χ2n) is 3.54. The van der Waals surface area contributed by atoms with Gasteiger partial charge in [-0.25, -0.2) is 0 Å². The van der Waals surface area contributed by atoms with Crippen molar-refractivity contribution in [3.05, 3.63) is 0 Å². The number of hydrogen-bond acceptors (Lipinski definition) is 3. The first kappa shape index (κ1) is 9.96. The van der Waals surface area contributed by atoms with Gasteiger partial charge in [0.2, 0.25) is 0 Å². The van der Waals surface area contributed by atoms with Crippen molar-refractivity contribution in [2.45, 2.75) is 12.8 Å². The summed E-state index contributed by atoms with van der Waals surface area (Å²) in [6.07, 6.45) is 2.60. The van der Waals surface area contributed by atoms with E-state index in [-0.39, 0.29) is 0 Å². The quantitative estimate of drug-likeness (QED) is 0.663. The van der Waals surface area contributed by atoms with E-state index in [9.17, 15) is 0 Å². The Morgan fingerprint density at radius 1 is 1.58 bits per heavy atom. The Labute approximate surface area is 74.9 Å². The summed E-state index contributed by atoms with van der Waals surface area (Å²) in [4.78, 5) is 2.45. The summed E-state index contributed by atoms with van der Waals surface area (Å²) in [6.45, 7) is 5.13. The maximum absolute atomic E-state index is 5.64. The zero-order valence-electron chi connectivity index (χ0n) is 7.96. The van der Waals surface area contributed by atoms with Gasteiger partial charge < -0.3 is 15.4 Å². The van der Waals surface area contributed by atoms with E-state index in [1.165, 1.54) is 25.9 Å². The second kappa shape index (κ2) is 5.51. The first-order valence-corrected chi connectivity index (χ1v) is 4.78. The van der Waals surface area contributed by atoms with Crippen LogP contribution in [0.5, 0.6) is 0 Å². The Bertz CT molecular complexity index is 119. The third-order valence-electron chi connectivity index (χ3n) is 2.55. The van der Waals surface area contributed by atoms with Crippen molar-refractivity contribution in [1.82, 2.24) is 4.90 Å². The normalized spacial score (nSPS) is 26.0. The molecule has 0 aromatic heterocycles. The molecule has 0 aromatic rings. The van der Waals surface area contributed by atoms with Crippen LogP contribution in [0.3, 0.4) is 0 Å². The van der Waals surface area contributed by atoms with Crippen LogP contribution in [0.25, 0.3) is 0 Å². The molecular weight excluding hydrogens is 152 g/mol. The number of ether oxygens (including phenoxy) is 1. The largest absolute Gasteiger partial charge is 0.383 e. The van der Waals surface area contributed by atoms with E-state index >= 15 is 0 Å². The van der Waals surface area contributed by atoms with Crippen LogP contribution in [-0.4, -0.2) is 44.8 Å². The highest BCUT2D eigenvalue weighted by atomic mass is 16.5. The summed E-state index contributed by atoms with van der Waals surface area (Å²) in [5.74, 6) is 0.718. The molecule has 0 saturated carbocycles. The molecule has 0 bridgehead atoms. The number of piperidine rings is 1. The summed E-state index contributed by atoms with van der Waals surface area (Å²) in [6, 6.07) is 0. The Morgan fingerprint density at radius 2 is 2.42 bits per heavy atom. The lowest BCUT2D eigenvalue weighted by Crippen LogP contribution is -2.39. The number of likely N-dealkylation sites (tertiary alicyclic amines) is 1. The van der Waals surface area contributed by atoms with E-state index in [1.807, 2.05) is 0 Å². The molecule has 1 aliphatic heterocycles. The molecule has 3 nitrogen and oxygen atoms in total. The molecule has 0 aromatic carbocycles. The predicted octanol–water partition coefficient (Wildman–Crippen LogP) is 0.304. The number of nitrogens with zero attached hydrogens (tertiary/aromatic N) is 1. The van der Waals surface area contributed by atoms with Gasteiger partial charge in [0.05, 0.1) is 6.61 Å². The van der Waals surface area contributed by atoms with E-state index in [2.05, 4.69) is 4.90 Å². The number of rotatable bonds is 4. The minimum atomic E-state index is 0.718. The Balaban J connectivity index is 2.16. The number of hydrogen-bond donors (Lipinski definition) is 1. The lowest BCUT2D eigenvalue weighted by molar-refractivity contribution is 0.116. The van der Waals surface area contributed by atoms with Crippen LogP contribution in [0.4, 0.5) is 0 Å². The van der Waals surface area contributed by atoms with E-state index in [4.69, 9.17) is 10.5 Å². The van der Waals surface area contributed by atoms with Crippen molar-refractivity contribution in [3.63, 3.8) is 0 Å². The van der Waals surface area contributed by atoms with Crippen molar-refractivity contribution in [2.75, 3.05) is 39.9 Å². The maximum atomic E-state index is 5.64. The molecule has 0 radical (unpaired) electrons. The molecule has 0 amide bonds. The summed E-state index contributed by atoms with van der Waals surface area (Å²) in [7, 11) is 1.75. The first-order chi connectivity index (χ1) is 5.86. The molecule has 0 unspecified atom stereocenters. The highest BCUT2D eigenvalue weighted by Gasteiger charge is 2.17. The fourth-order valence-corrected chi connectivity index (χ4v) is 1.77. The van der Waals surface area contributed by atoms with Gasteiger partial charge in [0.1, 0.15) is 0 Å². The second-order valence-corrected chi connectivity index (χ2v) is 3.54. The third kappa shape index (κ3) is 3.09. The molecule has 0 spiro atoms. The van der Waals surface area contributed by atoms with Gasteiger partial charge in [-0.15, -0.1) is 0 Å². The lowest BCUT2D eigenvalue weighted by atomic mass is 9.98. The first-order valence-electron chi connectivity index (χ1n) is 4.78. The molecule has 1 aliphatic rings. The van der Waals surface area contributed by atoms with E-state index in [0.717, 1.165) is 25.6 Å². The maximum Gasteiger partial charge on any atom is 0.0589 e. The molecule has 72 valence electrons. The Kier molecular flexibility index (Phi) is 4.58. The van der Waals surface area contributed by atoms with Crippen LogP contribution in [0.2, 0.25) is 0 Å². The smallest absolute Gasteiger partial charge is 0.0589 e. The van der Waals surface area contributed by atoms with Crippen LogP contribution in [0.1, 0.15) is 12.8 Å². The van der Waals surface area contributed by atoms with Gasteiger partial charge in [-0.2, -0.15) is 0 Å². The Hall–Kier alpha value is -0.120. The van der Waals surface area contributed by atoms with Gasteiger partial charge in [-0.05, 0) is 31.8 Å². The van der Waals surface area contributed by atoms with Crippen LogP contribution in [0, 0.1) is 5.92 Å². The van der Waals surface area contributed by atoms with Crippen molar-refractivity contribution in [1.29, 1.82) is 0 Å². The Morgan fingerprint density at radius 3 is 3.08 bits per heavy atom. The standard InChI is InChI=1S/C9H20N2O/c1-12-6-5-11-4-2-3-9(7-10)8-11/h9H,2-8,10H2,1H3/t9-/m0/s1. The van der Waals surface area contributed by atoms with Gasteiger partial charge in [0.15, 0.2) is 0 Å². The molecule has 1 heterocycles. The molecule has 1 atom stereocenters. The minimum absolute atomic E-state index is 0.718. The zero-order chi connectivity index (χ0) is 8.81. The summed E-state index contributed by atoms with van der Waals surface area (Å²) < 4.78 is 5.04. The van der Waals surface area contributed by atoms with Gasteiger partial charge >= 0.3 is 0 Å². The summed E-state index contributed by atoms with van der Waals surface area (Å²) in [5, 5.41) is 0. The average molecular weight is 172 g/mol. The number of methoxy groups -OCH3 is 1. The molecule has 2 N–H and O–H groups in total. The molecule has 12 heavy (non-hydrogen) atoms. The monoisotopic (exact) mass is 172 g/mol. The van der Waals surface area contributed by atoms with E-state index in [0.29, 0.717) is 0 Å². The fraction of sp³-hybridized carbons (Fsp3) is 1.00. The summed E-state index contributed by atoms with van der Waals surface area (Å²) in [5.41, 5.74) is 5.64. The van der Waals surface area contributed by atoms with Gasteiger partial charge in [0, 0.05) is 20.2 Å². The third-order valence-corrected chi connectivity index (χ3v) is 2.55. The minimum Gasteiger partial charge on any atom is -0.383 e. The topological polar surface area (TPSA) is 38.5 Å². The van der Waals surface area contributed by atoms with Gasteiger partial charge in [-0.3, -0.25) is 0 Å². The van der Waals surface area contributed by atoms with E-state index in [1.54, 1.807) is 7.11 Å². The molecular formula is C9H20N2O. The molecule has 0 aliphatic carbocycles. The van der Waals surface area contributed by atoms with Crippen molar-refractivity contribution < 1.29 is 4.74 Å². The molecule has 1 saturated heterocycles.